The van der Waals surface area contributed by atoms with Crippen LogP contribution in [0, 0.1) is 6.92 Å². The van der Waals surface area contributed by atoms with E-state index in [1.54, 1.807) is 0 Å². The predicted molar refractivity (Wildman–Crippen MR) is 70.3 cm³/mol. The first-order valence-electron chi connectivity index (χ1n) is 5.17. The van der Waals surface area contributed by atoms with Crippen molar-refractivity contribution in [3.8, 4) is 11.5 Å². The molecule has 82 valence electrons. The van der Waals surface area contributed by atoms with Gasteiger partial charge in [0.25, 0.3) is 0 Å². The van der Waals surface area contributed by atoms with E-state index in [0.717, 1.165) is 16.8 Å². The Bertz CT molecular complexity index is 445. The molecule has 0 N–H and O–H groups in total. The van der Waals surface area contributed by atoms with Gasteiger partial charge >= 0.3 is 0 Å². The summed E-state index contributed by atoms with van der Waals surface area (Å²) in [5.41, 5.74) is 2.48. The largest absolute Gasteiger partial charge is 0.457 e. The summed E-state index contributed by atoms with van der Waals surface area (Å²) in [4.78, 5) is 0. The molecule has 0 amide bonds. The van der Waals surface area contributed by atoms with E-state index < -0.39 is 0 Å². The quantitative estimate of drug-likeness (QED) is 0.740. The van der Waals surface area contributed by atoms with Gasteiger partial charge in [0.2, 0.25) is 0 Å². The van der Waals surface area contributed by atoms with Crippen molar-refractivity contribution >= 4 is 15.9 Å². The van der Waals surface area contributed by atoms with E-state index in [1.165, 1.54) is 11.1 Å². The van der Waals surface area contributed by atoms with E-state index >= 15 is 0 Å². The molecule has 0 atom stereocenters. The predicted octanol–water partition coefficient (Wildman–Crippen LogP) is 4.68. The fraction of sp³-hybridized carbons (Fsp3) is 0.143. The molecule has 0 fully saturated rings. The fourth-order valence-corrected chi connectivity index (χ4v) is 1.76. The van der Waals surface area contributed by atoms with Gasteiger partial charge in [0.05, 0.1) is 0 Å². The molecule has 0 heterocycles. The molecule has 0 bridgehead atoms. The third-order valence-corrected chi connectivity index (χ3v) is 2.98. The summed E-state index contributed by atoms with van der Waals surface area (Å²) in [6, 6.07) is 16.1. The van der Waals surface area contributed by atoms with Crippen LogP contribution >= 0.6 is 15.9 Å². The van der Waals surface area contributed by atoms with Crippen LogP contribution in [0.15, 0.2) is 48.5 Å². The second kappa shape index (κ2) is 5.17. The van der Waals surface area contributed by atoms with E-state index in [-0.39, 0.29) is 0 Å². The molecule has 16 heavy (non-hydrogen) atoms. The summed E-state index contributed by atoms with van der Waals surface area (Å²) < 4.78 is 5.72. The highest BCUT2D eigenvalue weighted by Gasteiger charge is 1.97. The Morgan fingerprint density at radius 2 is 1.38 bits per heavy atom. The van der Waals surface area contributed by atoms with Gasteiger partial charge in [0, 0.05) is 5.33 Å². The molecular weight excluding hydrogens is 264 g/mol. The third kappa shape index (κ3) is 2.86. The van der Waals surface area contributed by atoms with Crippen molar-refractivity contribution in [1.29, 1.82) is 0 Å². The van der Waals surface area contributed by atoms with E-state index in [1.807, 2.05) is 36.4 Å². The lowest BCUT2D eigenvalue weighted by molar-refractivity contribution is 0.482. The van der Waals surface area contributed by atoms with Gasteiger partial charge in [-0.1, -0.05) is 45.8 Å². The maximum atomic E-state index is 5.72. The zero-order valence-electron chi connectivity index (χ0n) is 9.11. The molecule has 0 unspecified atom stereocenters. The van der Waals surface area contributed by atoms with Crippen LogP contribution in [0.4, 0.5) is 0 Å². The molecule has 0 aromatic heterocycles. The van der Waals surface area contributed by atoms with E-state index in [4.69, 9.17) is 4.74 Å². The van der Waals surface area contributed by atoms with Crippen molar-refractivity contribution in [3.05, 3.63) is 59.7 Å². The van der Waals surface area contributed by atoms with Gasteiger partial charge in [0.1, 0.15) is 11.5 Å². The first-order valence-corrected chi connectivity index (χ1v) is 6.29. The molecular formula is C14H13BrO. The lowest BCUT2D eigenvalue weighted by Crippen LogP contribution is -1.84. The Labute approximate surface area is 104 Å². The van der Waals surface area contributed by atoms with E-state index in [9.17, 15) is 0 Å². The number of rotatable bonds is 3. The van der Waals surface area contributed by atoms with Gasteiger partial charge in [-0.3, -0.25) is 0 Å². The molecule has 2 aromatic rings. The monoisotopic (exact) mass is 276 g/mol. The van der Waals surface area contributed by atoms with Crippen molar-refractivity contribution in [2.75, 3.05) is 0 Å². The average Bonchev–Trinajstić information content (AvgIpc) is 2.33. The highest BCUT2D eigenvalue weighted by atomic mass is 79.9. The summed E-state index contributed by atoms with van der Waals surface area (Å²) >= 11 is 3.42. The van der Waals surface area contributed by atoms with Crippen LogP contribution in [0.1, 0.15) is 11.1 Å². The number of ether oxygens (including phenoxy) is 1. The maximum Gasteiger partial charge on any atom is 0.127 e. The van der Waals surface area contributed by atoms with Gasteiger partial charge < -0.3 is 4.74 Å². The molecule has 1 nitrogen and oxygen atoms in total. The average molecular weight is 277 g/mol. The number of hydrogen-bond acceptors (Lipinski definition) is 1. The van der Waals surface area contributed by atoms with Crippen LogP contribution in [-0.2, 0) is 5.33 Å². The van der Waals surface area contributed by atoms with Crippen molar-refractivity contribution in [3.63, 3.8) is 0 Å². The van der Waals surface area contributed by atoms with Crippen molar-refractivity contribution in [2.45, 2.75) is 12.3 Å². The second-order valence-electron chi connectivity index (χ2n) is 3.69. The van der Waals surface area contributed by atoms with E-state index in [2.05, 4.69) is 35.0 Å². The Kier molecular flexibility index (Phi) is 3.62. The number of hydrogen-bond donors (Lipinski definition) is 0. The lowest BCUT2D eigenvalue weighted by atomic mass is 10.2. The Balaban J connectivity index is 2.11. The molecule has 0 spiro atoms. The summed E-state index contributed by atoms with van der Waals surface area (Å²) in [5, 5.41) is 0.873. The van der Waals surface area contributed by atoms with Crippen LogP contribution in [-0.4, -0.2) is 0 Å². The van der Waals surface area contributed by atoms with Gasteiger partial charge in [0.15, 0.2) is 0 Å². The summed E-state index contributed by atoms with van der Waals surface area (Å²) in [6.45, 7) is 2.06. The Morgan fingerprint density at radius 3 is 1.88 bits per heavy atom. The SMILES string of the molecule is Cc1ccc(Oc2ccc(CBr)cc2)cc1. The first-order chi connectivity index (χ1) is 7.78. The smallest absolute Gasteiger partial charge is 0.127 e. The van der Waals surface area contributed by atoms with Gasteiger partial charge in [-0.05, 0) is 36.8 Å². The molecule has 2 heteroatoms. The molecule has 0 aliphatic rings. The molecule has 0 saturated carbocycles. The van der Waals surface area contributed by atoms with Crippen LogP contribution in [0.3, 0.4) is 0 Å². The van der Waals surface area contributed by atoms with Gasteiger partial charge in [-0.15, -0.1) is 0 Å². The molecule has 2 rings (SSSR count). The zero-order chi connectivity index (χ0) is 11.4. The van der Waals surface area contributed by atoms with E-state index in [0.29, 0.717) is 0 Å². The minimum absolute atomic E-state index is 0.869. The third-order valence-electron chi connectivity index (χ3n) is 2.33. The maximum absolute atomic E-state index is 5.72. The minimum atomic E-state index is 0.869. The number of halogens is 1. The Morgan fingerprint density at radius 1 is 0.875 bits per heavy atom. The molecule has 0 saturated heterocycles. The molecule has 0 aliphatic carbocycles. The Hall–Kier alpha value is -1.28. The second-order valence-corrected chi connectivity index (χ2v) is 4.25. The van der Waals surface area contributed by atoms with Crippen LogP contribution in [0.5, 0.6) is 11.5 Å². The summed E-state index contributed by atoms with van der Waals surface area (Å²) in [7, 11) is 0. The summed E-state index contributed by atoms with van der Waals surface area (Å²) in [5.74, 6) is 1.74. The highest BCUT2D eigenvalue weighted by Crippen LogP contribution is 2.22. The highest BCUT2D eigenvalue weighted by molar-refractivity contribution is 9.08. The van der Waals surface area contributed by atoms with Crippen molar-refractivity contribution < 1.29 is 4.74 Å². The zero-order valence-corrected chi connectivity index (χ0v) is 10.7. The van der Waals surface area contributed by atoms with Gasteiger partial charge in [-0.2, -0.15) is 0 Å². The van der Waals surface area contributed by atoms with Crippen molar-refractivity contribution in [1.82, 2.24) is 0 Å². The standard InChI is InChI=1S/C14H13BrO/c1-11-2-6-13(7-3-11)16-14-8-4-12(10-15)5-9-14/h2-9H,10H2,1H3. The minimum Gasteiger partial charge on any atom is -0.457 e. The number of alkyl halides is 1. The van der Waals surface area contributed by atoms with Crippen LogP contribution in [0.25, 0.3) is 0 Å². The van der Waals surface area contributed by atoms with Crippen LogP contribution < -0.4 is 4.74 Å². The molecule has 2 aromatic carbocycles. The topological polar surface area (TPSA) is 9.23 Å². The molecule has 0 aliphatic heterocycles. The lowest BCUT2D eigenvalue weighted by Gasteiger charge is -2.06. The fourth-order valence-electron chi connectivity index (χ4n) is 1.39. The van der Waals surface area contributed by atoms with Gasteiger partial charge in [-0.25, -0.2) is 0 Å². The van der Waals surface area contributed by atoms with Crippen molar-refractivity contribution in [2.24, 2.45) is 0 Å². The first kappa shape index (κ1) is 11.2. The normalized spacial score (nSPS) is 10.1. The number of benzene rings is 2. The number of aryl methyl sites for hydroxylation is 1. The molecule has 0 radical (unpaired) electrons. The van der Waals surface area contributed by atoms with Crippen LogP contribution in [0.2, 0.25) is 0 Å². The summed E-state index contributed by atoms with van der Waals surface area (Å²) in [6.07, 6.45) is 0.